The van der Waals surface area contributed by atoms with Gasteiger partial charge in [0, 0.05) is 11.1 Å². The Balaban J connectivity index is 2.44. The van der Waals surface area contributed by atoms with Crippen molar-refractivity contribution in [1.29, 1.82) is 0 Å². The quantitative estimate of drug-likeness (QED) is 0.752. The molecule has 0 fully saturated rings. The summed E-state index contributed by atoms with van der Waals surface area (Å²) in [5.74, 6) is -1.60. The molecule has 8 heteroatoms. The van der Waals surface area contributed by atoms with Crippen LogP contribution in [0.1, 0.15) is 26.3 Å². The molecule has 0 aliphatic heterocycles. The van der Waals surface area contributed by atoms with Crippen LogP contribution in [0.2, 0.25) is 0 Å². The van der Waals surface area contributed by atoms with Gasteiger partial charge in [0.25, 0.3) is 10.0 Å². The van der Waals surface area contributed by atoms with Crippen LogP contribution in [-0.4, -0.2) is 20.2 Å². The number of aryl methyl sites for hydroxylation is 1. The van der Waals surface area contributed by atoms with E-state index in [1.54, 1.807) is 12.1 Å². The van der Waals surface area contributed by atoms with Crippen molar-refractivity contribution in [1.82, 2.24) is 0 Å². The molecule has 0 radical (unpaired) electrons. The summed E-state index contributed by atoms with van der Waals surface area (Å²) in [5.41, 5.74) is 11.2. The van der Waals surface area contributed by atoms with Crippen molar-refractivity contribution in [3.8, 4) is 0 Å². The topological polar surface area (TPSA) is 132 Å². The first-order chi connectivity index (χ1) is 10.7. The molecular formula is C15H15N3O4S. The van der Waals surface area contributed by atoms with Gasteiger partial charge in [0.15, 0.2) is 0 Å². The molecule has 7 nitrogen and oxygen atoms in total. The molecule has 0 heterocycles. The fourth-order valence-corrected chi connectivity index (χ4v) is 2.94. The van der Waals surface area contributed by atoms with Crippen LogP contribution in [0.5, 0.6) is 0 Å². The van der Waals surface area contributed by atoms with Crippen LogP contribution < -0.4 is 16.2 Å². The van der Waals surface area contributed by atoms with Crippen molar-refractivity contribution in [2.45, 2.75) is 11.8 Å². The molecule has 0 aromatic heterocycles. The Labute approximate surface area is 133 Å². The van der Waals surface area contributed by atoms with E-state index in [9.17, 15) is 18.0 Å². The van der Waals surface area contributed by atoms with Gasteiger partial charge in [-0.15, -0.1) is 0 Å². The number of nitrogens with two attached hydrogens (primary N) is 2. The molecule has 0 unspecified atom stereocenters. The lowest BCUT2D eigenvalue weighted by Crippen LogP contribution is -2.18. The molecule has 0 aliphatic rings. The zero-order valence-corrected chi connectivity index (χ0v) is 13.1. The van der Waals surface area contributed by atoms with Gasteiger partial charge in [0.1, 0.15) is 0 Å². The van der Waals surface area contributed by atoms with Crippen LogP contribution in [0.25, 0.3) is 0 Å². The van der Waals surface area contributed by atoms with Crippen LogP contribution in [0, 0.1) is 6.92 Å². The van der Waals surface area contributed by atoms with E-state index in [1.807, 2.05) is 6.92 Å². The largest absolute Gasteiger partial charge is 0.366 e. The highest BCUT2D eigenvalue weighted by Crippen LogP contribution is 2.19. The van der Waals surface area contributed by atoms with Gasteiger partial charge in [0.05, 0.1) is 10.6 Å². The van der Waals surface area contributed by atoms with Crippen LogP contribution in [-0.2, 0) is 10.0 Å². The molecule has 0 saturated carbocycles. The van der Waals surface area contributed by atoms with Crippen LogP contribution >= 0.6 is 0 Å². The van der Waals surface area contributed by atoms with Gasteiger partial charge in [-0.05, 0) is 37.3 Å². The maximum absolute atomic E-state index is 12.3. The van der Waals surface area contributed by atoms with E-state index in [1.165, 1.54) is 30.3 Å². The van der Waals surface area contributed by atoms with Crippen molar-refractivity contribution in [2.24, 2.45) is 11.5 Å². The number of amides is 2. The molecule has 2 aromatic carbocycles. The third kappa shape index (κ3) is 3.86. The fraction of sp³-hybridized carbons (Fsp3) is 0.0667. The number of sulfonamides is 1. The smallest absolute Gasteiger partial charge is 0.261 e. The molecule has 23 heavy (non-hydrogen) atoms. The number of hydrogen-bond donors (Lipinski definition) is 3. The second-order valence-electron chi connectivity index (χ2n) is 4.95. The van der Waals surface area contributed by atoms with E-state index >= 15 is 0 Å². The third-order valence-corrected chi connectivity index (χ3v) is 4.48. The highest BCUT2D eigenvalue weighted by molar-refractivity contribution is 7.92. The average molecular weight is 333 g/mol. The molecule has 0 saturated heterocycles. The summed E-state index contributed by atoms with van der Waals surface area (Å²) in [4.78, 5) is 22.6. The van der Waals surface area contributed by atoms with Crippen LogP contribution in [0.4, 0.5) is 5.69 Å². The van der Waals surface area contributed by atoms with E-state index in [2.05, 4.69) is 4.72 Å². The summed E-state index contributed by atoms with van der Waals surface area (Å²) in [5, 5.41) is 0. The van der Waals surface area contributed by atoms with Gasteiger partial charge in [-0.3, -0.25) is 14.3 Å². The van der Waals surface area contributed by atoms with Gasteiger partial charge < -0.3 is 11.5 Å². The Hall–Kier alpha value is -2.87. The summed E-state index contributed by atoms with van der Waals surface area (Å²) in [6.45, 7) is 1.83. The summed E-state index contributed by atoms with van der Waals surface area (Å²) < 4.78 is 27.0. The predicted octanol–water partition coefficient (Wildman–Crippen LogP) is 0.994. The summed E-state index contributed by atoms with van der Waals surface area (Å²) in [7, 11) is -3.87. The standard InChI is InChI=1S/C15H15N3O4S/c1-9-2-4-13(5-3-9)23(21,22)18-12-7-10(14(16)19)6-11(8-12)15(17)20/h2-8,18H,1H3,(H2,16,19)(H2,17,20). The number of hydrogen-bond acceptors (Lipinski definition) is 4. The monoisotopic (exact) mass is 333 g/mol. The van der Waals surface area contributed by atoms with Gasteiger partial charge in [-0.2, -0.15) is 0 Å². The molecule has 0 aliphatic carbocycles. The minimum absolute atomic E-state index is 0.0238. The Morgan fingerprint density at radius 3 is 1.83 bits per heavy atom. The Bertz CT molecular complexity index is 842. The van der Waals surface area contributed by atoms with E-state index in [0.717, 1.165) is 5.56 Å². The fourth-order valence-electron chi connectivity index (χ4n) is 1.90. The van der Waals surface area contributed by atoms with E-state index in [-0.39, 0.29) is 21.7 Å². The van der Waals surface area contributed by atoms with Crippen LogP contribution in [0.3, 0.4) is 0 Å². The third-order valence-electron chi connectivity index (χ3n) is 3.09. The zero-order valence-electron chi connectivity index (χ0n) is 12.2. The maximum atomic E-state index is 12.3. The summed E-state index contributed by atoms with van der Waals surface area (Å²) in [6.07, 6.45) is 0. The molecule has 120 valence electrons. The van der Waals surface area contributed by atoms with E-state index in [4.69, 9.17) is 11.5 Å². The first-order valence-corrected chi connectivity index (χ1v) is 8.01. The highest BCUT2D eigenvalue weighted by Gasteiger charge is 2.16. The van der Waals surface area contributed by atoms with Gasteiger partial charge in [0.2, 0.25) is 11.8 Å². The van der Waals surface area contributed by atoms with Crippen molar-refractivity contribution >= 4 is 27.5 Å². The van der Waals surface area contributed by atoms with Crippen LogP contribution in [0.15, 0.2) is 47.4 Å². The lowest BCUT2D eigenvalue weighted by Gasteiger charge is -2.10. The molecule has 2 rings (SSSR count). The number of rotatable bonds is 5. The highest BCUT2D eigenvalue weighted by atomic mass is 32.2. The molecule has 0 spiro atoms. The summed E-state index contributed by atoms with van der Waals surface area (Å²) in [6, 6.07) is 9.89. The number of nitrogens with one attached hydrogen (secondary N) is 1. The van der Waals surface area contributed by atoms with E-state index in [0.29, 0.717) is 0 Å². The molecule has 2 amide bonds. The van der Waals surface area contributed by atoms with Crippen molar-refractivity contribution in [2.75, 3.05) is 4.72 Å². The average Bonchev–Trinajstić information content (AvgIpc) is 2.46. The first kappa shape index (κ1) is 16.5. The minimum atomic E-state index is -3.87. The minimum Gasteiger partial charge on any atom is -0.366 e. The number of primary amides is 2. The zero-order chi connectivity index (χ0) is 17.2. The van der Waals surface area contributed by atoms with Gasteiger partial charge in [-0.25, -0.2) is 8.42 Å². The normalized spacial score (nSPS) is 11.0. The number of carbonyl (C=O) groups excluding carboxylic acids is 2. The van der Waals surface area contributed by atoms with Gasteiger partial charge >= 0.3 is 0 Å². The first-order valence-electron chi connectivity index (χ1n) is 6.53. The maximum Gasteiger partial charge on any atom is 0.261 e. The second-order valence-corrected chi connectivity index (χ2v) is 6.63. The summed E-state index contributed by atoms with van der Waals surface area (Å²) >= 11 is 0. The number of benzene rings is 2. The molecular weight excluding hydrogens is 318 g/mol. The molecule has 0 atom stereocenters. The van der Waals surface area contributed by atoms with Crippen molar-refractivity contribution in [3.63, 3.8) is 0 Å². The van der Waals surface area contributed by atoms with Crippen molar-refractivity contribution < 1.29 is 18.0 Å². The van der Waals surface area contributed by atoms with Gasteiger partial charge in [-0.1, -0.05) is 17.7 Å². The number of carbonyl (C=O) groups is 2. The van der Waals surface area contributed by atoms with Crippen molar-refractivity contribution in [3.05, 3.63) is 59.2 Å². The lowest BCUT2D eigenvalue weighted by atomic mass is 10.1. The SMILES string of the molecule is Cc1ccc(S(=O)(=O)Nc2cc(C(N)=O)cc(C(N)=O)c2)cc1. The second kappa shape index (κ2) is 6.09. The Kier molecular flexibility index (Phi) is 4.37. The molecule has 5 N–H and O–H groups in total. The Morgan fingerprint density at radius 2 is 1.39 bits per heavy atom. The number of anilines is 1. The molecule has 2 aromatic rings. The molecule has 0 bridgehead atoms. The predicted molar refractivity (Wildman–Crippen MR) is 85.5 cm³/mol. The Morgan fingerprint density at radius 1 is 0.913 bits per heavy atom. The van der Waals surface area contributed by atoms with E-state index < -0.39 is 21.8 Å². The lowest BCUT2D eigenvalue weighted by molar-refractivity contribution is 0.0999.